The minimum atomic E-state index is -0.310. The first-order chi connectivity index (χ1) is 17.7. The monoisotopic (exact) mass is 506 g/mol. The summed E-state index contributed by atoms with van der Waals surface area (Å²) in [6, 6.07) is 16.0. The number of esters is 1. The predicted octanol–water partition coefficient (Wildman–Crippen LogP) is 6.79. The van der Waals surface area contributed by atoms with Crippen LogP contribution in [0, 0.1) is 22.7 Å². The number of carbonyl (C=O) groups is 1. The van der Waals surface area contributed by atoms with Crippen LogP contribution in [-0.4, -0.2) is 38.2 Å². The van der Waals surface area contributed by atoms with E-state index in [0.717, 1.165) is 25.0 Å². The van der Waals surface area contributed by atoms with Crippen LogP contribution in [0.25, 0.3) is 0 Å². The van der Waals surface area contributed by atoms with E-state index in [-0.39, 0.29) is 35.3 Å². The fraction of sp³-hybridized carbons (Fsp3) is 0.594. The largest absolute Gasteiger partial charge is 0.497 e. The van der Waals surface area contributed by atoms with Gasteiger partial charge in [0.1, 0.15) is 11.9 Å². The van der Waals surface area contributed by atoms with Gasteiger partial charge in [0.15, 0.2) is 6.29 Å². The second-order valence-electron chi connectivity index (χ2n) is 11.8. The fourth-order valence-corrected chi connectivity index (χ4v) is 8.20. The van der Waals surface area contributed by atoms with E-state index in [1.807, 2.05) is 44.2 Å². The summed E-state index contributed by atoms with van der Waals surface area (Å²) < 4.78 is 24.4. The van der Waals surface area contributed by atoms with Crippen molar-refractivity contribution in [2.45, 2.75) is 84.7 Å². The van der Waals surface area contributed by atoms with Crippen molar-refractivity contribution >= 4 is 5.97 Å². The van der Waals surface area contributed by atoms with Crippen molar-refractivity contribution in [1.82, 2.24) is 0 Å². The van der Waals surface area contributed by atoms with E-state index in [4.69, 9.17) is 18.9 Å². The summed E-state index contributed by atoms with van der Waals surface area (Å²) >= 11 is 0. The number of hydrogen-bond acceptors (Lipinski definition) is 5. The van der Waals surface area contributed by atoms with Crippen LogP contribution in [0.4, 0.5) is 0 Å². The molecule has 0 N–H and O–H groups in total. The van der Waals surface area contributed by atoms with Gasteiger partial charge in [0.25, 0.3) is 0 Å². The lowest BCUT2D eigenvalue weighted by molar-refractivity contribution is -0.213. The number of ether oxygens (including phenoxy) is 4. The highest BCUT2D eigenvalue weighted by atomic mass is 16.7. The number of rotatable bonds is 7. The van der Waals surface area contributed by atoms with Crippen LogP contribution < -0.4 is 4.74 Å². The Labute approximate surface area is 221 Å². The lowest BCUT2D eigenvalue weighted by atomic mass is 9.45. The van der Waals surface area contributed by atoms with Crippen LogP contribution in [0.1, 0.15) is 81.3 Å². The Kier molecular flexibility index (Phi) is 7.14. The van der Waals surface area contributed by atoms with E-state index >= 15 is 0 Å². The van der Waals surface area contributed by atoms with Gasteiger partial charge in [-0.3, -0.25) is 0 Å². The number of carbonyl (C=O) groups excluding carboxylic acids is 1. The summed E-state index contributed by atoms with van der Waals surface area (Å²) in [6.45, 7) is 11.7. The van der Waals surface area contributed by atoms with Crippen molar-refractivity contribution in [1.29, 1.82) is 0 Å². The Morgan fingerprint density at radius 1 is 1.11 bits per heavy atom. The smallest absolute Gasteiger partial charge is 0.338 e. The Morgan fingerprint density at radius 3 is 2.57 bits per heavy atom. The van der Waals surface area contributed by atoms with Crippen LogP contribution in [0.3, 0.4) is 0 Å². The van der Waals surface area contributed by atoms with E-state index in [1.54, 1.807) is 7.11 Å². The molecule has 0 saturated heterocycles. The topological polar surface area (TPSA) is 54.0 Å². The van der Waals surface area contributed by atoms with Crippen LogP contribution >= 0.6 is 0 Å². The molecule has 8 atom stereocenters. The molecule has 0 amide bonds. The van der Waals surface area contributed by atoms with Gasteiger partial charge in [-0.15, -0.1) is 0 Å². The number of hydrogen-bond donors (Lipinski definition) is 0. The van der Waals surface area contributed by atoms with E-state index in [1.165, 1.54) is 11.1 Å². The molecule has 0 aliphatic heterocycles. The summed E-state index contributed by atoms with van der Waals surface area (Å²) in [7, 11) is 1.74. The van der Waals surface area contributed by atoms with E-state index in [2.05, 4.69) is 39.0 Å². The van der Waals surface area contributed by atoms with E-state index < -0.39 is 0 Å². The number of methoxy groups -OCH3 is 1. The van der Waals surface area contributed by atoms with E-state index in [9.17, 15) is 4.79 Å². The van der Waals surface area contributed by atoms with Gasteiger partial charge in [-0.25, -0.2) is 4.79 Å². The molecule has 2 aromatic rings. The second kappa shape index (κ2) is 10.1. The van der Waals surface area contributed by atoms with Crippen molar-refractivity contribution in [3.63, 3.8) is 0 Å². The zero-order chi connectivity index (χ0) is 26.4. The van der Waals surface area contributed by atoms with Gasteiger partial charge in [-0.1, -0.05) is 45.0 Å². The highest BCUT2D eigenvalue weighted by molar-refractivity contribution is 5.89. The average Bonchev–Trinajstić information content (AvgIpc) is 3.10. The summed E-state index contributed by atoms with van der Waals surface area (Å²) in [5.41, 5.74) is 3.08. The molecule has 0 spiro atoms. The van der Waals surface area contributed by atoms with Gasteiger partial charge in [-0.2, -0.15) is 0 Å². The fourth-order valence-electron chi connectivity index (χ4n) is 8.20. The molecule has 2 saturated carbocycles. The summed E-state index contributed by atoms with van der Waals surface area (Å²) in [6.07, 6.45) is 3.18. The minimum Gasteiger partial charge on any atom is -0.497 e. The molecular formula is C32H42O5. The quantitative estimate of drug-likeness (QED) is 0.306. The Hall–Kier alpha value is -2.37. The van der Waals surface area contributed by atoms with Gasteiger partial charge in [0, 0.05) is 23.9 Å². The highest BCUT2D eigenvalue weighted by Gasteiger charge is 2.69. The van der Waals surface area contributed by atoms with Crippen LogP contribution in [0.5, 0.6) is 5.75 Å². The Morgan fingerprint density at radius 2 is 1.86 bits per heavy atom. The van der Waals surface area contributed by atoms with Crippen LogP contribution in [0.2, 0.25) is 0 Å². The summed E-state index contributed by atoms with van der Waals surface area (Å²) in [5.74, 6) is 2.00. The first-order valence-electron chi connectivity index (χ1n) is 13.9. The standard InChI is InChI=1S/C32H42O5/c1-7-35-21(3)36-28-19-27(37-30(33)22-11-9-8-10-12-22)31(4)16-15-26-25-14-13-24(34-6)18-23(25)17-20(2)29(26)32(28,31)5/h8-14,18,20-21,26-29H,7,15-17,19H2,1-6H3/t20-,21?,26-,27+,28-,29-,31-,32-/m1/s1. The Balaban J connectivity index is 1.53. The molecule has 5 nitrogen and oxygen atoms in total. The maximum Gasteiger partial charge on any atom is 0.338 e. The molecular weight excluding hydrogens is 464 g/mol. The summed E-state index contributed by atoms with van der Waals surface area (Å²) in [4.78, 5) is 13.2. The molecule has 5 heteroatoms. The van der Waals surface area contributed by atoms with Crippen molar-refractivity contribution in [2.24, 2.45) is 22.7 Å². The average molecular weight is 507 g/mol. The van der Waals surface area contributed by atoms with Gasteiger partial charge in [-0.05, 0) is 86.3 Å². The molecule has 2 aromatic carbocycles. The van der Waals surface area contributed by atoms with Crippen molar-refractivity contribution in [2.75, 3.05) is 13.7 Å². The third-order valence-corrected chi connectivity index (χ3v) is 10.1. The second-order valence-corrected chi connectivity index (χ2v) is 11.8. The predicted molar refractivity (Wildman–Crippen MR) is 144 cm³/mol. The molecule has 37 heavy (non-hydrogen) atoms. The third kappa shape index (κ3) is 4.28. The van der Waals surface area contributed by atoms with Gasteiger partial charge in [0.2, 0.25) is 0 Å². The zero-order valence-electron chi connectivity index (χ0n) is 23.2. The highest BCUT2D eigenvalue weighted by Crippen LogP contribution is 2.70. The molecule has 3 aliphatic rings. The van der Waals surface area contributed by atoms with Gasteiger partial charge < -0.3 is 18.9 Å². The molecule has 0 aromatic heterocycles. The third-order valence-electron chi connectivity index (χ3n) is 10.1. The SMILES string of the molecule is CCOC(C)O[C@@H]1C[C@H](OC(=O)c2ccccc2)[C@@]2(C)CC[C@@H]3c4ccc(OC)cc4C[C@@H](C)[C@H]3[C@@]12C. The summed E-state index contributed by atoms with van der Waals surface area (Å²) in [5, 5.41) is 0. The molecule has 3 aliphatic carbocycles. The molecule has 0 radical (unpaired) electrons. The van der Waals surface area contributed by atoms with Crippen molar-refractivity contribution < 1.29 is 23.7 Å². The van der Waals surface area contributed by atoms with Gasteiger partial charge >= 0.3 is 5.97 Å². The van der Waals surface area contributed by atoms with E-state index in [0.29, 0.717) is 36.3 Å². The lowest BCUT2D eigenvalue weighted by Gasteiger charge is -2.60. The number of fused-ring (bicyclic) bond motifs is 5. The molecule has 0 heterocycles. The number of benzene rings is 2. The minimum absolute atomic E-state index is 0.0670. The lowest BCUT2D eigenvalue weighted by Crippen LogP contribution is -2.57. The molecule has 0 bridgehead atoms. The molecule has 200 valence electrons. The van der Waals surface area contributed by atoms with Crippen LogP contribution in [-0.2, 0) is 20.6 Å². The van der Waals surface area contributed by atoms with Crippen molar-refractivity contribution in [3.8, 4) is 5.75 Å². The molecule has 2 fully saturated rings. The van der Waals surface area contributed by atoms with Gasteiger partial charge in [0.05, 0.1) is 18.8 Å². The normalized spacial score (nSPS) is 35.1. The van der Waals surface area contributed by atoms with Crippen molar-refractivity contribution in [3.05, 3.63) is 65.2 Å². The van der Waals surface area contributed by atoms with Crippen LogP contribution in [0.15, 0.2) is 48.5 Å². The first-order valence-corrected chi connectivity index (χ1v) is 13.9. The maximum atomic E-state index is 13.2. The maximum absolute atomic E-state index is 13.2. The molecule has 5 rings (SSSR count). The Bertz CT molecular complexity index is 1120. The molecule has 1 unspecified atom stereocenters. The first kappa shape index (κ1) is 26.2. The zero-order valence-corrected chi connectivity index (χ0v) is 23.2.